The minimum atomic E-state index is -4.67. The van der Waals surface area contributed by atoms with Gasteiger partial charge in [-0.05, 0) is 29.2 Å². The van der Waals surface area contributed by atoms with Crippen LogP contribution in [0.15, 0.2) is 42.6 Å². The first-order valence-corrected chi connectivity index (χ1v) is 9.32. The highest BCUT2D eigenvalue weighted by Crippen LogP contribution is 2.40. The van der Waals surface area contributed by atoms with Gasteiger partial charge < -0.3 is 10.3 Å². The molecule has 0 aliphatic carbocycles. The number of hydrogen-bond acceptors (Lipinski definition) is 1. The number of alkyl halides is 5. The predicted octanol–water partition coefficient (Wildman–Crippen LogP) is 6.78. The maximum Gasteiger partial charge on any atom is 0.417 e. The van der Waals surface area contributed by atoms with E-state index in [2.05, 4.69) is 0 Å². The van der Waals surface area contributed by atoms with Gasteiger partial charge in [0.05, 0.1) is 11.6 Å². The van der Waals surface area contributed by atoms with Crippen LogP contribution in [0.3, 0.4) is 0 Å². The molecule has 1 heterocycles. The Morgan fingerprint density at radius 2 is 1.63 bits per heavy atom. The maximum absolute atomic E-state index is 15.0. The summed E-state index contributed by atoms with van der Waals surface area (Å²) >= 11 is 0. The van der Waals surface area contributed by atoms with E-state index in [0.717, 1.165) is 12.1 Å². The third kappa shape index (κ3) is 4.33. The lowest BCUT2D eigenvalue weighted by Crippen LogP contribution is -2.19. The van der Waals surface area contributed by atoms with Crippen molar-refractivity contribution < 1.29 is 26.3 Å². The first kappa shape index (κ1) is 22.2. The summed E-state index contributed by atoms with van der Waals surface area (Å²) in [4.78, 5) is 0. The second-order valence-electron chi connectivity index (χ2n) is 8.53. The summed E-state index contributed by atoms with van der Waals surface area (Å²) in [5.74, 6) is -0.935. The average Bonchev–Trinajstić information content (AvgIpc) is 2.95. The van der Waals surface area contributed by atoms with Crippen LogP contribution in [0.4, 0.5) is 26.3 Å². The molecule has 0 aliphatic heterocycles. The van der Waals surface area contributed by atoms with Crippen LogP contribution in [0.2, 0.25) is 0 Å². The van der Waals surface area contributed by atoms with E-state index in [0.29, 0.717) is 12.1 Å². The molecule has 0 saturated heterocycles. The van der Waals surface area contributed by atoms with Crippen LogP contribution in [0.25, 0.3) is 22.0 Å². The van der Waals surface area contributed by atoms with Crippen molar-refractivity contribution in [1.29, 1.82) is 0 Å². The Balaban J connectivity index is 2.31. The van der Waals surface area contributed by atoms with Gasteiger partial charge in [0.25, 0.3) is 6.43 Å². The number of hydrogen-bond donors (Lipinski definition) is 1. The van der Waals surface area contributed by atoms with Crippen molar-refractivity contribution in [2.24, 2.45) is 11.1 Å². The Morgan fingerprint density at radius 3 is 2.20 bits per heavy atom. The smallest absolute Gasteiger partial charge is 0.347 e. The normalized spacial score (nSPS) is 14.0. The Labute approximate surface area is 170 Å². The van der Waals surface area contributed by atoms with E-state index in [1.54, 1.807) is 4.57 Å². The third-order valence-electron chi connectivity index (χ3n) is 4.80. The molecule has 0 saturated carbocycles. The van der Waals surface area contributed by atoms with Gasteiger partial charge in [0, 0.05) is 34.8 Å². The van der Waals surface area contributed by atoms with Gasteiger partial charge in [0.1, 0.15) is 5.82 Å². The van der Waals surface area contributed by atoms with Crippen molar-refractivity contribution in [1.82, 2.24) is 4.57 Å². The van der Waals surface area contributed by atoms with E-state index in [-0.39, 0.29) is 27.5 Å². The van der Waals surface area contributed by atoms with Crippen LogP contribution in [-0.4, -0.2) is 11.0 Å². The first-order valence-electron chi connectivity index (χ1n) is 9.32. The molecule has 0 bridgehead atoms. The Morgan fingerprint density at radius 1 is 1.00 bits per heavy atom. The molecule has 0 fully saturated rings. The monoisotopic (exact) mass is 428 g/mol. The first-order chi connectivity index (χ1) is 13.8. The lowest BCUT2D eigenvalue weighted by Gasteiger charge is -2.20. The zero-order valence-corrected chi connectivity index (χ0v) is 16.7. The van der Waals surface area contributed by atoms with Gasteiger partial charge in [-0.15, -0.1) is 0 Å². The lowest BCUT2D eigenvalue weighted by molar-refractivity contribution is -0.137. The summed E-state index contributed by atoms with van der Waals surface area (Å²) in [5.41, 5.74) is 4.23. The van der Waals surface area contributed by atoms with Gasteiger partial charge in [0.15, 0.2) is 0 Å². The van der Waals surface area contributed by atoms with E-state index in [4.69, 9.17) is 5.73 Å². The standard InChI is InChI=1S/C22H22F6N2/c1-21(2,3)11-30-10-15(19(29)20(24)25)14-8-17(23)13(9-18(14)30)12-6-4-5-7-16(12)22(26,27)28/h4-10,19-20H,11,29H2,1-3H3. The van der Waals surface area contributed by atoms with Crippen LogP contribution < -0.4 is 5.73 Å². The van der Waals surface area contributed by atoms with E-state index in [1.807, 2.05) is 20.8 Å². The topological polar surface area (TPSA) is 30.9 Å². The summed E-state index contributed by atoms with van der Waals surface area (Å²) in [6, 6.07) is 5.32. The van der Waals surface area contributed by atoms with E-state index in [1.165, 1.54) is 30.5 Å². The van der Waals surface area contributed by atoms with Gasteiger partial charge in [-0.1, -0.05) is 39.0 Å². The van der Waals surface area contributed by atoms with Crippen LogP contribution >= 0.6 is 0 Å². The molecule has 0 aliphatic rings. The summed E-state index contributed by atoms with van der Waals surface area (Å²) in [5, 5.41) is 0.165. The van der Waals surface area contributed by atoms with E-state index < -0.39 is 30.0 Å². The van der Waals surface area contributed by atoms with Gasteiger partial charge in [-0.3, -0.25) is 0 Å². The maximum atomic E-state index is 15.0. The van der Waals surface area contributed by atoms with Crippen LogP contribution in [0, 0.1) is 11.2 Å². The molecule has 3 rings (SSSR count). The molecule has 0 spiro atoms. The molecule has 8 heteroatoms. The highest BCUT2D eigenvalue weighted by Gasteiger charge is 2.34. The minimum absolute atomic E-state index is 0.0545. The van der Waals surface area contributed by atoms with Crippen LogP contribution in [0.5, 0.6) is 0 Å². The minimum Gasteiger partial charge on any atom is -0.347 e. The number of benzene rings is 2. The zero-order chi connectivity index (χ0) is 22.4. The average molecular weight is 428 g/mol. The number of fused-ring (bicyclic) bond motifs is 1. The van der Waals surface area contributed by atoms with Crippen molar-refractivity contribution in [2.75, 3.05) is 0 Å². The van der Waals surface area contributed by atoms with Gasteiger partial charge in [0.2, 0.25) is 0 Å². The number of nitrogens with zero attached hydrogens (tertiary/aromatic N) is 1. The molecule has 30 heavy (non-hydrogen) atoms. The second kappa shape index (κ2) is 7.65. The third-order valence-corrected chi connectivity index (χ3v) is 4.80. The van der Waals surface area contributed by atoms with E-state index in [9.17, 15) is 26.3 Å². The molecule has 1 atom stereocenters. The molecular weight excluding hydrogens is 406 g/mol. The second-order valence-corrected chi connectivity index (χ2v) is 8.53. The van der Waals surface area contributed by atoms with Gasteiger partial charge >= 0.3 is 6.18 Å². The lowest BCUT2D eigenvalue weighted by atomic mass is 9.96. The SMILES string of the molecule is CC(C)(C)Cn1cc(C(N)C(F)F)c2cc(F)c(-c3ccccc3C(F)(F)F)cc21. The Kier molecular flexibility index (Phi) is 5.66. The van der Waals surface area contributed by atoms with E-state index >= 15 is 0 Å². The van der Waals surface area contributed by atoms with Crippen molar-refractivity contribution in [3.8, 4) is 11.1 Å². The largest absolute Gasteiger partial charge is 0.417 e. The molecule has 1 aromatic heterocycles. The molecule has 0 amide bonds. The number of halogens is 6. The van der Waals surface area contributed by atoms with Gasteiger partial charge in [-0.2, -0.15) is 13.2 Å². The molecule has 1 unspecified atom stereocenters. The fourth-order valence-corrected chi connectivity index (χ4v) is 3.55. The quantitative estimate of drug-likeness (QED) is 0.457. The zero-order valence-electron chi connectivity index (χ0n) is 16.7. The summed E-state index contributed by atoms with van der Waals surface area (Å²) in [7, 11) is 0. The highest BCUT2D eigenvalue weighted by atomic mass is 19.4. The fourth-order valence-electron chi connectivity index (χ4n) is 3.55. The summed E-state index contributed by atoms with van der Waals surface area (Å²) in [6.07, 6.45) is -6.10. The van der Waals surface area contributed by atoms with Crippen molar-refractivity contribution in [2.45, 2.75) is 46.0 Å². The summed E-state index contributed by atoms with van der Waals surface area (Å²) < 4.78 is 83.5. The van der Waals surface area contributed by atoms with Crippen molar-refractivity contribution >= 4 is 10.9 Å². The number of rotatable bonds is 4. The molecule has 2 nitrogen and oxygen atoms in total. The molecule has 2 N–H and O–H groups in total. The molecule has 0 radical (unpaired) electrons. The number of aromatic nitrogens is 1. The van der Waals surface area contributed by atoms with Crippen molar-refractivity contribution in [3.05, 3.63) is 59.5 Å². The van der Waals surface area contributed by atoms with Crippen molar-refractivity contribution in [3.63, 3.8) is 0 Å². The van der Waals surface area contributed by atoms with Crippen LogP contribution in [-0.2, 0) is 12.7 Å². The highest BCUT2D eigenvalue weighted by molar-refractivity contribution is 5.89. The summed E-state index contributed by atoms with van der Waals surface area (Å²) in [6.45, 7) is 6.16. The fraction of sp³-hybridized carbons (Fsp3) is 0.364. The Hall–Kier alpha value is -2.48. The molecule has 2 aromatic carbocycles. The Bertz CT molecular complexity index is 1060. The molecular formula is C22H22F6N2. The van der Waals surface area contributed by atoms with Crippen LogP contribution in [0.1, 0.15) is 37.9 Å². The number of nitrogens with two attached hydrogens (primary N) is 1. The molecule has 162 valence electrons. The predicted molar refractivity (Wildman–Crippen MR) is 105 cm³/mol. The molecule has 3 aromatic rings. The van der Waals surface area contributed by atoms with Gasteiger partial charge in [-0.25, -0.2) is 13.2 Å².